The minimum atomic E-state index is 0.774. The van der Waals surface area contributed by atoms with Crippen LogP contribution in [0.4, 0.5) is 0 Å². The molecule has 3 nitrogen and oxygen atoms in total. The second kappa shape index (κ2) is 7.18. The molecule has 112 valence electrons. The highest BCUT2D eigenvalue weighted by Gasteiger charge is 2.07. The minimum Gasteiger partial charge on any atom is -0.494 e. The SMILES string of the molecule is CCCCOc1ccc(-c2csc(-c3ccccn3)n2)cc1. The summed E-state index contributed by atoms with van der Waals surface area (Å²) in [6, 6.07) is 14.0. The van der Waals surface area contributed by atoms with Crippen molar-refractivity contribution >= 4 is 11.3 Å². The number of nitrogens with zero attached hydrogens (tertiary/aromatic N) is 2. The van der Waals surface area contributed by atoms with Crippen molar-refractivity contribution in [1.29, 1.82) is 0 Å². The predicted molar refractivity (Wildman–Crippen MR) is 91.2 cm³/mol. The Morgan fingerprint density at radius 3 is 2.64 bits per heavy atom. The molecule has 0 amide bonds. The Balaban J connectivity index is 1.73. The molecule has 2 heterocycles. The number of thiazole rings is 1. The van der Waals surface area contributed by atoms with Gasteiger partial charge in [-0.15, -0.1) is 11.3 Å². The molecule has 0 aliphatic carbocycles. The Kier molecular flexibility index (Phi) is 4.81. The average molecular weight is 310 g/mol. The van der Waals surface area contributed by atoms with Crippen LogP contribution in [0.1, 0.15) is 19.8 Å². The van der Waals surface area contributed by atoms with Gasteiger partial charge in [-0.1, -0.05) is 19.4 Å². The van der Waals surface area contributed by atoms with Crippen LogP contribution < -0.4 is 4.74 Å². The summed E-state index contributed by atoms with van der Waals surface area (Å²) in [4.78, 5) is 9.01. The molecule has 0 saturated heterocycles. The summed E-state index contributed by atoms with van der Waals surface area (Å²) in [5.41, 5.74) is 2.99. The zero-order valence-corrected chi connectivity index (χ0v) is 13.3. The molecule has 22 heavy (non-hydrogen) atoms. The summed E-state index contributed by atoms with van der Waals surface area (Å²) < 4.78 is 5.68. The van der Waals surface area contributed by atoms with Crippen molar-refractivity contribution in [2.75, 3.05) is 6.61 Å². The minimum absolute atomic E-state index is 0.774. The first-order valence-electron chi connectivity index (χ1n) is 7.47. The molecule has 0 spiro atoms. The van der Waals surface area contributed by atoms with Gasteiger partial charge in [0.2, 0.25) is 0 Å². The zero-order valence-electron chi connectivity index (χ0n) is 12.5. The molecule has 0 radical (unpaired) electrons. The molecule has 2 aromatic heterocycles. The molecule has 0 aliphatic rings. The largest absolute Gasteiger partial charge is 0.494 e. The molecule has 0 N–H and O–H groups in total. The van der Waals surface area contributed by atoms with Gasteiger partial charge in [0.25, 0.3) is 0 Å². The third-order valence-electron chi connectivity index (χ3n) is 3.30. The van der Waals surface area contributed by atoms with Crippen LogP contribution in [0.5, 0.6) is 5.75 Å². The quantitative estimate of drug-likeness (QED) is 0.597. The second-order valence-electron chi connectivity index (χ2n) is 4.98. The smallest absolute Gasteiger partial charge is 0.142 e. The van der Waals surface area contributed by atoms with Crippen LogP contribution in [-0.2, 0) is 0 Å². The highest BCUT2D eigenvalue weighted by atomic mass is 32.1. The first-order valence-corrected chi connectivity index (χ1v) is 8.35. The van der Waals surface area contributed by atoms with Gasteiger partial charge in [-0.25, -0.2) is 4.98 Å². The van der Waals surface area contributed by atoms with Gasteiger partial charge in [0, 0.05) is 17.1 Å². The van der Waals surface area contributed by atoms with Gasteiger partial charge < -0.3 is 4.74 Å². The van der Waals surface area contributed by atoms with Gasteiger partial charge >= 0.3 is 0 Å². The second-order valence-corrected chi connectivity index (χ2v) is 5.84. The summed E-state index contributed by atoms with van der Waals surface area (Å²) in [7, 11) is 0. The summed E-state index contributed by atoms with van der Waals surface area (Å²) >= 11 is 1.61. The van der Waals surface area contributed by atoms with Gasteiger partial charge in [0.05, 0.1) is 18.0 Å². The maximum atomic E-state index is 5.68. The average Bonchev–Trinajstić information content (AvgIpc) is 3.07. The normalized spacial score (nSPS) is 10.6. The Morgan fingerprint density at radius 1 is 1.05 bits per heavy atom. The number of aromatic nitrogens is 2. The number of benzene rings is 1. The standard InChI is InChI=1S/C18H18N2OS/c1-2-3-12-21-15-9-7-14(8-10-15)17-13-22-18(20-17)16-6-4-5-11-19-16/h4-11,13H,2-3,12H2,1H3. The lowest BCUT2D eigenvalue weighted by atomic mass is 10.2. The summed E-state index contributed by atoms with van der Waals surface area (Å²) in [5.74, 6) is 0.914. The predicted octanol–water partition coefficient (Wildman–Crippen LogP) is 5.05. The van der Waals surface area contributed by atoms with Crippen LogP contribution >= 0.6 is 11.3 Å². The summed E-state index contributed by atoms with van der Waals surface area (Å²) in [5, 5.41) is 3.01. The molecule has 0 atom stereocenters. The summed E-state index contributed by atoms with van der Waals surface area (Å²) in [6.45, 7) is 2.93. The lowest BCUT2D eigenvalue weighted by Crippen LogP contribution is -1.95. The maximum absolute atomic E-state index is 5.68. The van der Waals surface area contributed by atoms with Gasteiger partial charge in [0.15, 0.2) is 0 Å². The lowest BCUT2D eigenvalue weighted by molar-refractivity contribution is 0.309. The van der Waals surface area contributed by atoms with Crippen LogP contribution in [0.2, 0.25) is 0 Å². The molecule has 0 aliphatic heterocycles. The highest BCUT2D eigenvalue weighted by Crippen LogP contribution is 2.28. The molecule has 0 bridgehead atoms. The van der Waals surface area contributed by atoms with E-state index in [9.17, 15) is 0 Å². The third-order valence-corrected chi connectivity index (χ3v) is 4.17. The molecule has 3 rings (SSSR count). The van der Waals surface area contributed by atoms with E-state index in [0.717, 1.165) is 47.2 Å². The van der Waals surface area contributed by atoms with Crippen molar-refractivity contribution in [2.45, 2.75) is 19.8 Å². The Hall–Kier alpha value is -2.20. The van der Waals surface area contributed by atoms with Gasteiger partial charge in [-0.2, -0.15) is 0 Å². The number of pyridine rings is 1. The molecule has 0 saturated carbocycles. The highest BCUT2D eigenvalue weighted by molar-refractivity contribution is 7.13. The van der Waals surface area contributed by atoms with Crippen LogP contribution in [0, 0.1) is 0 Å². The van der Waals surface area contributed by atoms with Crippen molar-refractivity contribution in [2.24, 2.45) is 0 Å². The van der Waals surface area contributed by atoms with E-state index in [2.05, 4.69) is 34.4 Å². The van der Waals surface area contributed by atoms with Crippen molar-refractivity contribution in [3.05, 3.63) is 54.0 Å². The number of ether oxygens (including phenoxy) is 1. The first-order chi connectivity index (χ1) is 10.9. The van der Waals surface area contributed by atoms with Crippen molar-refractivity contribution < 1.29 is 4.74 Å². The molecule has 3 aromatic rings. The summed E-state index contributed by atoms with van der Waals surface area (Å²) in [6.07, 6.45) is 4.02. The molecular formula is C18H18N2OS. The fourth-order valence-electron chi connectivity index (χ4n) is 2.07. The molecule has 0 fully saturated rings. The first kappa shape index (κ1) is 14.7. The van der Waals surface area contributed by atoms with Crippen molar-refractivity contribution in [1.82, 2.24) is 9.97 Å². The van der Waals surface area contributed by atoms with Crippen LogP contribution in [-0.4, -0.2) is 16.6 Å². The van der Waals surface area contributed by atoms with Crippen molar-refractivity contribution in [3.63, 3.8) is 0 Å². The van der Waals surface area contributed by atoms with Gasteiger partial charge in [-0.3, -0.25) is 4.98 Å². The van der Waals surface area contributed by atoms with Crippen LogP contribution in [0.25, 0.3) is 22.0 Å². The topological polar surface area (TPSA) is 35.0 Å². The zero-order chi connectivity index (χ0) is 15.2. The number of hydrogen-bond donors (Lipinski definition) is 0. The molecule has 1 aromatic carbocycles. The lowest BCUT2D eigenvalue weighted by Gasteiger charge is -2.05. The van der Waals surface area contributed by atoms with Crippen molar-refractivity contribution in [3.8, 4) is 27.7 Å². The van der Waals surface area contributed by atoms with E-state index in [4.69, 9.17) is 4.74 Å². The van der Waals surface area contributed by atoms with E-state index in [0.29, 0.717) is 0 Å². The Labute approximate surface area is 134 Å². The van der Waals surface area contributed by atoms with E-state index in [-0.39, 0.29) is 0 Å². The van der Waals surface area contributed by atoms with Crippen LogP contribution in [0.15, 0.2) is 54.0 Å². The van der Waals surface area contributed by atoms with E-state index in [1.54, 1.807) is 17.5 Å². The fourth-order valence-corrected chi connectivity index (χ4v) is 2.87. The maximum Gasteiger partial charge on any atom is 0.142 e. The van der Waals surface area contributed by atoms with Crippen LogP contribution in [0.3, 0.4) is 0 Å². The van der Waals surface area contributed by atoms with E-state index in [1.807, 2.05) is 30.3 Å². The van der Waals surface area contributed by atoms with E-state index < -0.39 is 0 Å². The fraction of sp³-hybridized carbons (Fsp3) is 0.222. The Bertz CT molecular complexity index is 707. The van der Waals surface area contributed by atoms with Gasteiger partial charge in [-0.05, 0) is 42.8 Å². The third kappa shape index (κ3) is 3.52. The molecule has 0 unspecified atom stereocenters. The van der Waals surface area contributed by atoms with Gasteiger partial charge in [0.1, 0.15) is 10.8 Å². The van der Waals surface area contributed by atoms with E-state index in [1.165, 1.54) is 0 Å². The number of hydrogen-bond acceptors (Lipinski definition) is 4. The van der Waals surface area contributed by atoms with E-state index >= 15 is 0 Å². The molecular weight excluding hydrogens is 292 g/mol. The number of unbranched alkanes of at least 4 members (excludes halogenated alkanes) is 1. The molecule has 4 heteroatoms. The number of rotatable bonds is 6. The monoisotopic (exact) mass is 310 g/mol. The Morgan fingerprint density at radius 2 is 1.91 bits per heavy atom.